The molecule has 0 bridgehead atoms. The lowest BCUT2D eigenvalue weighted by molar-refractivity contribution is -0.140. The van der Waals surface area contributed by atoms with E-state index in [9.17, 15) is 13.8 Å². The van der Waals surface area contributed by atoms with Gasteiger partial charge in [-0.2, -0.15) is 0 Å². The van der Waals surface area contributed by atoms with Crippen LogP contribution in [0, 0.1) is 0 Å². The van der Waals surface area contributed by atoms with Crippen molar-refractivity contribution in [2.75, 3.05) is 25.6 Å². The molecule has 0 radical (unpaired) electrons. The van der Waals surface area contributed by atoms with E-state index in [-0.39, 0.29) is 16.6 Å². The first kappa shape index (κ1) is 16.4. The Morgan fingerprint density at radius 1 is 1.48 bits per heavy atom. The van der Waals surface area contributed by atoms with Gasteiger partial charge in [0.25, 0.3) is 0 Å². The zero-order valence-electron chi connectivity index (χ0n) is 12.0. The highest BCUT2D eigenvalue weighted by molar-refractivity contribution is 7.85. The number of amides is 1. The summed E-state index contributed by atoms with van der Waals surface area (Å²) in [5.74, 6) is -1.67. The highest BCUT2D eigenvalue weighted by Crippen LogP contribution is 2.34. The topological polar surface area (TPSA) is 102 Å². The van der Waals surface area contributed by atoms with Gasteiger partial charge in [0.05, 0.1) is 18.0 Å². The van der Waals surface area contributed by atoms with Gasteiger partial charge in [-0.1, -0.05) is 0 Å². The molecule has 2 aliphatic rings. The molecule has 0 aromatic rings. The molecule has 0 aliphatic carbocycles. The summed E-state index contributed by atoms with van der Waals surface area (Å²) in [5, 5.41) is 11.3. The largest absolute Gasteiger partial charge is 0.480 e. The van der Waals surface area contributed by atoms with Gasteiger partial charge in [0.1, 0.15) is 6.04 Å². The fraction of sp³-hybridized carbons (Fsp3) is 0.846. The van der Waals surface area contributed by atoms with Crippen molar-refractivity contribution in [1.29, 1.82) is 0 Å². The minimum Gasteiger partial charge on any atom is -0.480 e. The predicted octanol–water partition coefficient (Wildman–Crippen LogP) is -0.337. The van der Waals surface area contributed by atoms with Crippen LogP contribution in [-0.4, -0.2) is 63.7 Å². The number of rotatable bonds is 5. The van der Waals surface area contributed by atoms with Crippen LogP contribution in [0.2, 0.25) is 0 Å². The van der Waals surface area contributed by atoms with Crippen LogP contribution in [0.1, 0.15) is 26.2 Å². The first-order chi connectivity index (χ1) is 9.92. The van der Waals surface area contributed by atoms with Crippen molar-refractivity contribution in [1.82, 2.24) is 5.32 Å². The van der Waals surface area contributed by atoms with E-state index in [1.165, 1.54) is 6.92 Å². The molecule has 2 fully saturated rings. The standard InChI is InChI=1S/C13H21NO6S/c1-9(15)14-11(12(16)17)7-21(18)10-2-4-20-13(6-10)3-5-19-8-13/h10-11H,2-8H2,1H3,(H,14,15)(H,16,17). The lowest BCUT2D eigenvalue weighted by atomic mass is 9.93. The summed E-state index contributed by atoms with van der Waals surface area (Å²) in [6.07, 6.45) is 2.04. The third-order valence-electron chi connectivity index (χ3n) is 3.89. The molecule has 2 aliphatic heterocycles. The fourth-order valence-electron chi connectivity index (χ4n) is 2.79. The average Bonchev–Trinajstić information content (AvgIpc) is 2.85. The van der Waals surface area contributed by atoms with Gasteiger partial charge in [0, 0.05) is 42.6 Å². The number of nitrogens with one attached hydrogen (secondary N) is 1. The van der Waals surface area contributed by atoms with Crippen LogP contribution in [0.5, 0.6) is 0 Å². The molecule has 0 saturated carbocycles. The first-order valence-electron chi connectivity index (χ1n) is 7.01. The summed E-state index contributed by atoms with van der Waals surface area (Å²) in [5.41, 5.74) is -0.356. The Hall–Kier alpha value is -0.990. The molecule has 0 aromatic heterocycles. The minimum atomic E-state index is -1.33. The molecule has 7 nitrogen and oxygen atoms in total. The van der Waals surface area contributed by atoms with Crippen molar-refractivity contribution >= 4 is 22.7 Å². The summed E-state index contributed by atoms with van der Waals surface area (Å²) >= 11 is 0. The Morgan fingerprint density at radius 3 is 2.81 bits per heavy atom. The maximum Gasteiger partial charge on any atom is 0.327 e. The lowest BCUT2D eigenvalue weighted by Gasteiger charge is -2.36. The smallest absolute Gasteiger partial charge is 0.327 e. The van der Waals surface area contributed by atoms with Gasteiger partial charge in [0.2, 0.25) is 5.91 Å². The van der Waals surface area contributed by atoms with Crippen molar-refractivity contribution < 1.29 is 28.4 Å². The zero-order valence-corrected chi connectivity index (χ0v) is 12.8. The van der Waals surface area contributed by atoms with Crippen LogP contribution in [0.15, 0.2) is 0 Å². The number of carbonyl (C=O) groups excluding carboxylic acids is 1. The van der Waals surface area contributed by atoms with E-state index in [4.69, 9.17) is 14.6 Å². The van der Waals surface area contributed by atoms with Crippen LogP contribution in [0.3, 0.4) is 0 Å². The highest BCUT2D eigenvalue weighted by Gasteiger charge is 2.43. The van der Waals surface area contributed by atoms with Crippen molar-refractivity contribution in [3.63, 3.8) is 0 Å². The second-order valence-electron chi connectivity index (χ2n) is 5.59. The Balaban J connectivity index is 1.95. The number of carboxylic acids is 1. The maximum atomic E-state index is 12.4. The van der Waals surface area contributed by atoms with Gasteiger partial charge in [-0.05, 0) is 12.8 Å². The quantitative estimate of drug-likeness (QED) is 0.719. The predicted molar refractivity (Wildman–Crippen MR) is 75.4 cm³/mol. The Morgan fingerprint density at radius 2 is 2.24 bits per heavy atom. The number of aliphatic carboxylic acids is 1. The molecule has 4 unspecified atom stereocenters. The Bertz CT molecular complexity index is 434. The number of hydrogen-bond acceptors (Lipinski definition) is 5. The summed E-state index contributed by atoms with van der Waals surface area (Å²) < 4.78 is 23.6. The van der Waals surface area contributed by atoms with Crippen molar-refractivity contribution in [3.05, 3.63) is 0 Å². The Kier molecular flexibility index (Phi) is 5.34. The normalized spacial score (nSPS) is 31.8. The van der Waals surface area contributed by atoms with E-state index < -0.39 is 28.7 Å². The van der Waals surface area contributed by atoms with Crippen LogP contribution >= 0.6 is 0 Å². The molecule has 120 valence electrons. The summed E-state index contributed by atoms with van der Waals surface area (Å²) in [7, 11) is -1.33. The van der Waals surface area contributed by atoms with Crippen LogP contribution in [-0.2, 0) is 29.9 Å². The maximum absolute atomic E-state index is 12.4. The third-order valence-corrected chi connectivity index (χ3v) is 5.70. The molecular formula is C13H21NO6S. The van der Waals surface area contributed by atoms with Crippen molar-refractivity contribution in [2.24, 2.45) is 0 Å². The van der Waals surface area contributed by atoms with E-state index in [2.05, 4.69) is 5.32 Å². The number of carboxylic acid groups (broad SMARTS) is 1. The average molecular weight is 319 g/mol. The second-order valence-corrected chi connectivity index (χ2v) is 7.35. The zero-order chi connectivity index (χ0) is 15.5. The molecule has 8 heteroatoms. The lowest BCUT2D eigenvalue weighted by Crippen LogP contribution is -2.48. The summed E-state index contributed by atoms with van der Waals surface area (Å²) in [6, 6.07) is -1.11. The molecule has 2 N–H and O–H groups in total. The number of ether oxygens (including phenoxy) is 2. The molecule has 21 heavy (non-hydrogen) atoms. The van der Waals surface area contributed by atoms with Crippen LogP contribution in [0.4, 0.5) is 0 Å². The van der Waals surface area contributed by atoms with Crippen molar-refractivity contribution in [3.8, 4) is 0 Å². The molecular weight excluding hydrogens is 298 g/mol. The van der Waals surface area contributed by atoms with Gasteiger partial charge in [0.15, 0.2) is 0 Å². The molecule has 1 spiro atoms. The van der Waals surface area contributed by atoms with E-state index in [0.29, 0.717) is 32.7 Å². The molecule has 2 rings (SSSR count). The third kappa shape index (κ3) is 4.24. The molecule has 2 heterocycles. The molecule has 1 amide bonds. The van der Waals surface area contributed by atoms with Crippen LogP contribution in [0.25, 0.3) is 0 Å². The molecule has 0 aromatic carbocycles. The Labute approximate surface area is 125 Å². The summed E-state index contributed by atoms with van der Waals surface area (Å²) in [4.78, 5) is 22.1. The van der Waals surface area contributed by atoms with E-state index in [1.807, 2.05) is 0 Å². The van der Waals surface area contributed by atoms with E-state index in [1.54, 1.807) is 0 Å². The summed E-state index contributed by atoms with van der Waals surface area (Å²) in [6.45, 7) is 2.91. The van der Waals surface area contributed by atoms with E-state index in [0.717, 1.165) is 6.42 Å². The van der Waals surface area contributed by atoms with Gasteiger partial charge in [-0.3, -0.25) is 9.00 Å². The molecule has 4 atom stereocenters. The SMILES string of the molecule is CC(=O)NC(CS(=O)C1CCOC2(CCOC2)C1)C(=O)O. The first-order valence-corrected chi connectivity index (χ1v) is 8.39. The van der Waals surface area contributed by atoms with Gasteiger partial charge in [-0.15, -0.1) is 0 Å². The van der Waals surface area contributed by atoms with Crippen molar-refractivity contribution in [2.45, 2.75) is 43.1 Å². The number of carbonyl (C=O) groups is 2. The van der Waals surface area contributed by atoms with E-state index >= 15 is 0 Å². The fourth-order valence-corrected chi connectivity index (χ4v) is 4.47. The van der Waals surface area contributed by atoms with Gasteiger partial charge >= 0.3 is 5.97 Å². The number of hydrogen-bond donors (Lipinski definition) is 2. The minimum absolute atomic E-state index is 0.0729. The molecule has 2 saturated heterocycles. The second kappa shape index (κ2) is 6.85. The van der Waals surface area contributed by atoms with Gasteiger partial charge in [-0.25, -0.2) is 4.79 Å². The monoisotopic (exact) mass is 319 g/mol. The highest BCUT2D eigenvalue weighted by atomic mass is 32.2. The van der Waals surface area contributed by atoms with Gasteiger partial charge < -0.3 is 19.9 Å². The van der Waals surface area contributed by atoms with Crippen LogP contribution < -0.4 is 5.32 Å².